The molecule has 0 aromatic heterocycles. The summed E-state index contributed by atoms with van der Waals surface area (Å²) in [5, 5.41) is 8.37. The minimum atomic E-state index is -1.18. The Balaban J connectivity index is 2.91. The van der Waals surface area contributed by atoms with E-state index in [1.807, 2.05) is 0 Å². The number of carboxylic acid groups (broad SMARTS) is 1. The molecule has 0 radical (unpaired) electrons. The second kappa shape index (κ2) is 4.00. The fraction of sp³-hybridized carbons (Fsp3) is 0.200. The Morgan fingerprint density at radius 3 is 2.57 bits per heavy atom. The maximum absolute atomic E-state index is 12.8. The van der Waals surface area contributed by atoms with Crippen LogP contribution in [0.2, 0.25) is 0 Å². The maximum atomic E-state index is 12.8. The Kier molecular flexibility index (Phi) is 2.96. The molecule has 0 unspecified atom stereocenters. The molecule has 0 aliphatic carbocycles. The number of carbonyl (C=O) groups is 2. The third-order valence-corrected chi connectivity index (χ3v) is 1.79. The summed E-state index contributed by atoms with van der Waals surface area (Å²) >= 11 is 0. The van der Waals surface area contributed by atoms with Gasteiger partial charge in [-0.15, -0.1) is 0 Å². The lowest BCUT2D eigenvalue weighted by atomic mass is 10.1. The van der Waals surface area contributed by atoms with Gasteiger partial charge in [-0.3, -0.25) is 9.59 Å². The Morgan fingerprint density at radius 1 is 1.43 bits per heavy atom. The summed E-state index contributed by atoms with van der Waals surface area (Å²) in [7, 11) is 0. The topological polar surface area (TPSA) is 54.4 Å². The lowest BCUT2D eigenvalue weighted by molar-refractivity contribution is -0.135. The number of halogens is 1. The number of ketones is 1. The van der Waals surface area contributed by atoms with E-state index in [4.69, 9.17) is 5.11 Å². The van der Waals surface area contributed by atoms with Crippen molar-refractivity contribution in [3.8, 4) is 0 Å². The van der Waals surface area contributed by atoms with Crippen molar-refractivity contribution in [3.63, 3.8) is 0 Å². The predicted octanol–water partition coefficient (Wildman–Crippen LogP) is 1.79. The fourth-order valence-corrected chi connectivity index (χ4v) is 1.06. The van der Waals surface area contributed by atoms with Crippen LogP contribution in [0.15, 0.2) is 18.2 Å². The highest BCUT2D eigenvalue weighted by Gasteiger charge is 2.11. The molecule has 0 saturated heterocycles. The summed E-state index contributed by atoms with van der Waals surface area (Å²) in [4.78, 5) is 21.5. The minimum Gasteiger partial charge on any atom is -0.481 e. The first-order chi connectivity index (χ1) is 6.50. The van der Waals surface area contributed by atoms with Crippen LogP contribution in [0.1, 0.15) is 22.3 Å². The van der Waals surface area contributed by atoms with E-state index in [1.165, 1.54) is 19.1 Å². The van der Waals surface area contributed by atoms with Crippen LogP contribution < -0.4 is 0 Å². The van der Waals surface area contributed by atoms with Crippen molar-refractivity contribution < 1.29 is 19.1 Å². The summed E-state index contributed by atoms with van der Waals surface area (Å²) in [6, 6.07) is 3.79. The number of rotatable bonds is 3. The second-order valence-electron chi connectivity index (χ2n) is 2.96. The lowest BCUT2D eigenvalue weighted by Gasteiger charge is -2.00. The smallest absolute Gasteiger partial charge is 0.311 e. The first kappa shape index (κ1) is 10.4. The minimum absolute atomic E-state index is 0.228. The van der Waals surface area contributed by atoms with Crippen molar-refractivity contribution in [3.05, 3.63) is 35.1 Å². The molecule has 74 valence electrons. The van der Waals surface area contributed by atoms with Gasteiger partial charge in [-0.05, 0) is 30.7 Å². The highest BCUT2D eigenvalue weighted by Crippen LogP contribution is 2.10. The van der Waals surface area contributed by atoms with Crippen molar-refractivity contribution in [2.45, 2.75) is 13.3 Å². The SMILES string of the molecule is Cc1cc(C(=O)CC(=O)O)ccc1F. The van der Waals surface area contributed by atoms with E-state index < -0.39 is 24.0 Å². The summed E-state index contributed by atoms with van der Waals surface area (Å²) in [6.45, 7) is 1.52. The predicted molar refractivity (Wildman–Crippen MR) is 47.7 cm³/mol. The quantitative estimate of drug-likeness (QED) is 0.592. The first-order valence-electron chi connectivity index (χ1n) is 4.02. The highest BCUT2D eigenvalue weighted by atomic mass is 19.1. The zero-order chi connectivity index (χ0) is 10.7. The van der Waals surface area contributed by atoms with Crippen LogP contribution >= 0.6 is 0 Å². The lowest BCUT2D eigenvalue weighted by Crippen LogP contribution is -2.07. The molecule has 0 aliphatic rings. The molecule has 0 saturated carbocycles. The van der Waals surface area contributed by atoms with Crippen LogP contribution in [0.3, 0.4) is 0 Å². The van der Waals surface area contributed by atoms with E-state index in [2.05, 4.69) is 0 Å². The molecule has 3 nitrogen and oxygen atoms in total. The van der Waals surface area contributed by atoms with Gasteiger partial charge in [-0.25, -0.2) is 4.39 Å². The zero-order valence-electron chi connectivity index (χ0n) is 7.58. The van der Waals surface area contributed by atoms with Gasteiger partial charge in [0.25, 0.3) is 0 Å². The van der Waals surface area contributed by atoms with Crippen molar-refractivity contribution in [1.82, 2.24) is 0 Å². The molecular formula is C10H9FO3. The third kappa shape index (κ3) is 2.39. The van der Waals surface area contributed by atoms with E-state index in [0.717, 1.165) is 6.07 Å². The van der Waals surface area contributed by atoms with E-state index in [-0.39, 0.29) is 5.56 Å². The second-order valence-corrected chi connectivity index (χ2v) is 2.96. The number of Topliss-reactive ketones (excluding diaryl/α,β-unsaturated/α-hetero) is 1. The summed E-state index contributed by atoms with van der Waals surface area (Å²) in [5.41, 5.74) is 0.563. The van der Waals surface area contributed by atoms with Gasteiger partial charge in [0.15, 0.2) is 5.78 Å². The van der Waals surface area contributed by atoms with Gasteiger partial charge >= 0.3 is 5.97 Å². The molecule has 0 fully saturated rings. The molecule has 0 spiro atoms. The molecule has 0 heterocycles. The average Bonchev–Trinajstić information content (AvgIpc) is 2.08. The van der Waals surface area contributed by atoms with Crippen LogP contribution in [0.5, 0.6) is 0 Å². The number of carbonyl (C=O) groups excluding carboxylic acids is 1. The largest absolute Gasteiger partial charge is 0.481 e. The first-order valence-corrected chi connectivity index (χ1v) is 4.02. The molecule has 4 heteroatoms. The monoisotopic (exact) mass is 196 g/mol. The van der Waals surface area contributed by atoms with Crippen LogP contribution in [-0.4, -0.2) is 16.9 Å². The van der Waals surface area contributed by atoms with Crippen LogP contribution in [0.4, 0.5) is 4.39 Å². The number of hydrogen-bond donors (Lipinski definition) is 1. The number of benzene rings is 1. The molecule has 0 aliphatic heterocycles. The molecule has 1 aromatic rings. The summed E-state index contributed by atoms with van der Waals surface area (Å²) < 4.78 is 12.8. The molecule has 0 atom stereocenters. The Morgan fingerprint density at radius 2 is 2.07 bits per heavy atom. The highest BCUT2D eigenvalue weighted by molar-refractivity contribution is 6.05. The van der Waals surface area contributed by atoms with Crippen LogP contribution in [0, 0.1) is 12.7 Å². The summed E-state index contributed by atoms with van der Waals surface area (Å²) in [6.07, 6.45) is -0.564. The molecule has 1 N–H and O–H groups in total. The average molecular weight is 196 g/mol. The van der Waals surface area contributed by atoms with Crippen molar-refractivity contribution in [2.75, 3.05) is 0 Å². The molecule has 14 heavy (non-hydrogen) atoms. The van der Waals surface area contributed by atoms with E-state index in [1.54, 1.807) is 0 Å². The third-order valence-electron chi connectivity index (χ3n) is 1.79. The molecule has 1 aromatic carbocycles. The Bertz CT molecular complexity index is 385. The van der Waals surface area contributed by atoms with Gasteiger partial charge in [0, 0.05) is 5.56 Å². The Labute approximate surface area is 80.2 Å². The van der Waals surface area contributed by atoms with Gasteiger partial charge < -0.3 is 5.11 Å². The number of aliphatic carboxylic acids is 1. The van der Waals surface area contributed by atoms with Gasteiger partial charge in [0.2, 0.25) is 0 Å². The zero-order valence-corrected chi connectivity index (χ0v) is 7.58. The van der Waals surface area contributed by atoms with Gasteiger partial charge in [-0.1, -0.05) is 0 Å². The Hall–Kier alpha value is -1.71. The van der Waals surface area contributed by atoms with Gasteiger partial charge in [0.1, 0.15) is 12.2 Å². The summed E-state index contributed by atoms with van der Waals surface area (Å²) in [5.74, 6) is -2.10. The molecular weight excluding hydrogens is 187 g/mol. The van der Waals surface area contributed by atoms with E-state index in [9.17, 15) is 14.0 Å². The standard InChI is InChI=1S/C10H9FO3/c1-6-4-7(2-3-8(6)11)9(12)5-10(13)14/h2-4H,5H2,1H3,(H,13,14). The molecule has 0 bridgehead atoms. The van der Waals surface area contributed by atoms with Gasteiger partial charge in [-0.2, -0.15) is 0 Å². The number of carboxylic acids is 1. The van der Waals surface area contributed by atoms with Gasteiger partial charge in [0.05, 0.1) is 0 Å². The van der Waals surface area contributed by atoms with Crippen LogP contribution in [-0.2, 0) is 4.79 Å². The van der Waals surface area contributed by atoms with E-state index >= 15 is 0 Å². The molecule has 1 rings (SSSR count). The normalized spacial score (nSPS) is 9.86. The van der Waals surface area contributed by atoms with Crippen molar-refractivity contribution >= 4 is 11.8 Å². The van der Waals surface area contributed by atoms with E-state index in [0.29, 0.717) is 5.56 Å². The number of aryl methyl sites for hydroxylation is 1. The fourth-order valence-electron chi connectivity index (χ4n) is 1.06. The maximum Gasteiger partial charge on any atom is 0.311 e. The van der Waals surface area contributed by atoms with Crippen molar-refractivity contribution in [1.29, 1.82) is 0 Å². The van der Waals surface area contributed by atoms with Crippen LogP contribution in [0.25, 0.3) is 0 Å². The van der Waals surface area contributed by atoms with Crippen molar-refractivity contribution in [2.24, 2.45) is 0 Å². The number of hydrogen-bond acceptors (Lipinski definition) is 2. The molecule has 0 amide bonds.